The summed E-state index contributed by atoms with van der Waals surface area (Å²) in [7, 11) is 2.18. The molecule has 0 spiro atoms. The zero-order chi connectivity index (χ0) is 29.7. The van der Waals surface area contributed by atoms with Crippen LogP contribution in [0.1, 0.15) is 61.0 Å². The maximum absolute atomic E-state index is 13.7. The number of hydrogen-bond donors (Lipinski definition) is 2. The predicted molar refractivity (Wildman–Crippen MR) is 167 cm³/mol. The number of unbranched alkanes of at least 4 members (excludes halogenated alkanes) is 1. The van der Waals surface area contributed by atoms with Crippen LogP contribution in [0.2, 0.25) is 0 Å². The maximum atomic E-state index is 13.7. The molecule has 2 heterocycles. The van der Waals surface area contributed by atoms with Gasteiger partial charge in [-0.1, -0.05) is 24.3 Å². The van der Waals surface area contributed by atoms with E-state index in [1.54, 1.807) is 29.1 Å². The number of anilines is 1. The van der Waals surface area contributed by atoms with E-state index in [1.165, 1.54) is 0 Å². The quantitative estimate of drug-likeness (QED) is 0.315. The first kappa shape index (κ1) is 29.8. The van der Waals surface area contributed by atoms with E-state index < -0.39 is 5.54 Å². The highest BCUT2D eigenvalue weighted by atomic mass is 16.5. The number of nitrogens with one attached hydrogen (secondary N) is 2. The summed E-state index contributed by atoms with van der Waals surface area (Å²) in [4.78, 5) is 35.7. The summed E-state index contributed by atoms with van der Waals surface area (Å²) in [5, 5.41) is 6.40. The molecule has 2 fully saturated rings. The molecule has 0 bridgehead atoms. The van der Waals surface area contributed by atoms with Crippen LogP contribution in [0.4, 0.5) is 5.82 Å². The zero-order valence-corrected chi connectivity index (χ0v) is 25.4. The number of aryl methyl sites for hydroxylation is 1. The van der Waals surface area contributed by atoms with E-state index in [1.807, 2.05) is 51.1 Å². The van der Waals surface area contributed by atoms with Gasteiger partial charge in [0.2, 0.25) is 0 Å². The number of hydrogen-bond acceptors (Lipinski definition) is 7. The van der Waals surface area contributed by atoms with Crippen molar-refractivity contribution in [3.8, 4) is 11.4 Å². The third-order valence-corrected chi connectivity index (χ3v) is 8.20. The van der Waals surface area contributed by atoms with Crippen molar-refractivity contribution in [3.05, 3.63) is 81.9 Å². The molecule has 9 heteroatoms. The van der Waals surface area contributed by atoms with E-state index in [0.29, 0.717) is 17.9 Å². The average molecular weight is 573 g/mol. The fourth-order valence-corrected chi connectivity index (χ4v) is 5.36. The molecule has 3 aromatic rings. The number of rotatable bonds is 12. The Kier molecular flexibility index (Phi) is 9.28. The van der Waals surface area contributed by atoms with Gasteiger partial charge in [-0.25, -0.2) is 4.98 Å². The van der Waals surface area contributed by atoms with Gasteiger partial charge in [0.15, 0.2) is 5.82 Å². The Hall–Kier alpha value is -3.69. The van der Waals surface area contributed by atoms with Gasteiger partial charge in [0, 0.05) is 55.7 Å². The fourth-order valence-electron chi connectivity index (χ4n) is 5.36. The second-order valence-electron chi connectivity index (χ2n) is 12.1. The van der Waals surface area contributed by atoms with Crippen molar-refractivity contribution in [1.29, 1.82) is 0 Å². The zero-order valence-electron chi connectivity index (χ0n) is 25.4. The number of benzene rings is 2. The first-order chi connectivity index (χ1) is 20.2. The lowest BCUT2D eigenvalue weighted by Gasteiger charge is -2.32. The number of para-hydroxylation sites is 1. The van der Waals surface area contributed by atoms with Crippen LogP contribution in [0.5, 0.6) is 5.75 Å². The lowest BCUT2D eigenvalue weighted by molar-refractivity contribution is 0.0951. The second kappa shape index (κ2) is 13.1. The summed E-state index contributed by atoms with van der Waals surface area (Å²) < 4.78 is 7.82. The van der Waals surface area contributed by atoms with Gasteiger partial charge in [-0.15, -0.1) is 0 Å². The van der Waals surface area contributed by atoms with Crippen LogP contribution in [0.15, 0.2) is 59.7 Å². The van der Waals surface area contributed by atoms with Crippen LogP contribution < -0.4 is 20.9 Å². The van der Waals surface area contributed by atoms with E-state index in [9.17, 15) is 9.59 Å². The predicted octanol–water partition coefficient (Wildman–Crippen LogP) is 4.19. The molecular formula is C33H44N6O3. The molecule has 1 aliphatic heterocycles. The van der Waals surface area contributed by atoms with Crippen LogP contribution in [0, 0.1) is 6.92 Å². The van der Waals surface area contributed by atoms with E-state index in [0.717, 1.165) is 75.3 Å². The molecule has 0 atom stereocenters. The van der Waals surface area contributed by atoms with Crippen molar-refractivity contribution in [2.75, 3.05) is 51.7 Å². The molecule has 0 unspecified atom stereocenters. The van der Waals surface area contributed by atoms with Gasteiger partial charge in [0.1, 0.15) is 5.75 Å². The van der Waals surface area contributed by atoms with Crippen LogP contribution >= 0.6 is 0 Å². The number of nitrogens with zero attached hydrogens (tertiary/aromatic N) is 4. The van der Waals surface area contributed by atoms with Crippen LogP contribution in [-0.4, -0.2) is 77.7 Å². The molecular weight excluding hydrogens is 528 g/mol. The molecule has 9 nitrogen and oxygen atoms in total. The van der Waals surface area contributed by atoms with Gasteiger partial charge in [-0.05, 0) is 83.8 Å². The Balaban J connectivity index is 1.26. The lowest BCUT2D eigenvalue weighted by atomic mass is 9.93. The number of carbonyl (C=O) groups excluding carboxylic acids is 1. The SMILES string of the molecule is Cc1ccc(C(=O)NC2CC2)cc1-n1ccnc(NC(C)(C)c2ccccc2OCCCCN2CCN(C)CC2)c1=O. The van der Waals surface area contributed by atoms with Gasteiger partial charge in [-0.2, -0.15) is 0 Å². The highest BCUT2D eigenvalue weighted by molar-refractivity contribution is 5.95. The third-order valence-electron chi connectivity index (χ3n) is 8.20. The third kappa shape index (κ3) is 7.38. The van der Waals surface area contributed by atoms with E-state index in [2.05, 4.69) is 32.5 Å². The molecule has 1 amide bonds. The van der Waals surface area contributed by atoms with Gasteiger partial charge in [0.05, 0.1) is 17.8 Å². The average Bonchev–Trinajstić information content (AvgIpc) is 3.79. The Morgan fingerprint density at radius 2 is 1.83 bits per heavy atom. The monoisotopic (exact) mass is 572 g/mol. The molecule has 1 saturated carbocycles. The first-order valence-corrected chi connectivity index (χ1v) is 15.1. The minimum atomic E-state index is -0.636. The van der Waals surface area contributed by atoms with Crippen LogP contribution in [0.25, 0.3) is 5.69 Å². The van der Waals surface area contributed by atoms with Gasteiger partial charge >= 0.3 is 0 Å². The normalized spacial score (nSPS) is 16.3. The molecule has 0 radical (unpaired) electrons. The summed E-state index contributed by atoms with van der Waals surface area (Å²) in [6.45, 7) is 12.3. The Morgan fingerprint density at radius 3 is 2.60 bits per heavy atom. The molecule has 1 saturated heterocycles. The van der Waals surface area contributed by atoms with Crippen molar-refractivity contribution < 1.29 is 9.53 Å². The Bertz CT molecular complexity index is 1440. The summed E-state index contributed by atoms with van der Waals surface area (Å²) in [5.41, 5.74) is 2.12. The smallest absolute Gasteiger partial charge is 0.297 e. The molecule has 1 aliphatic carbocycles. The van der Waals surface area contributed by atoms with Gasteiger partial charge in [0.25, 0.3) is 11.5 Å². The minimum Gasteiger partial charge on any atom is -0.493 e. The number of piperazine rings is 1. The molecule has 224 valence electrons. The maximum Gasteiger partial charge on any atom is 0.297 e. The number of amides is 1. The number of aromatic nitrogens is 2. The van der Waals surface area contributed by atoms with Crippen molar-refractivity contribution in [2.45, 2.75) is 58.0 Å². The van der Waals surface area contributed by atoms with Crippen molar-refractivity contribution in [1.82, 2.24) is 24.7 Å². The van der Waals surface area contributed by atoms with Crippen LogP contribution in [0.3, 0.4) is 0 Å². The molecule has 42 heavy (non-hydrogen) atoms. The van der Waals surface area contributed by atoms with E-state index >= 15 is 0 Å². The van der Waals surface area contributed by atoms with Gasteiger partial charge < -0.3 is 25.2 Å². The van der Waals surface area contributed by atoms with Gasteiger partial charge in [-0.3, -0.25) is 14.2 Å². The highest BCUT2D eigenvalue weighted by Crippen LogP contribution is 2.32. The largest absolute Gasteiger partial charge is 0.493 e. The summed E-state index contributed by atoms with van der Waals surface area (Å²) in [6.07, 6.45) is 7.37. The van der Waals surface area contributed by atoms with Crippen molar-refractivity contribution in [3.63, 3.8) is 0 Å². The van der Waals surface area contributed by atoms with Crippen molar-refractivity contribution in [2.24, 2.45) is 0 Å². The second-order valence-corrected chi connectivity index (χ2v) is 12.1. The number of likely N-dealkylation sites (N-methyl/N-ethyl adjacent to an activating group) is 1. The molecule has 1 aromatic heterocycles. The molecule has 2 aliphatic rings. The summed E-state index contributed by atoms with van der Waals surface area (Å²) >= 11 is 0. The molecule has 2 aromatic carbocycles. The minimum absolute atomic E-state index is 0.115. The van der Waals surface area contributed by atoms with Crippen molar-refractivity contribution >= 4 is 11.7 Å². The first-order valence-electron chi connectivity index (χ1n) is 15.1. The highest BCUT2D eigenvalue weighted by Gasteiger charge is 2.27. The van der Waals surface area contributed by atoms with Crippen LogP contribution in [-0.2, 0) is 5.54 Å². The lowest BCUT2D eigenvalue weighted by Crippen LogP contribution is -2.44. The van der Waals surface area contributed by atoms with E-state index in [4.69, 9.17) is 4.74 Å². The molecule has 5 rings (SSSR count). The summed E-state index contributed by atoms with van der Waals surface area (Å²) in [5.74, 6) is 0.920. The number of ether oxygens (including phenoxy) is 1. The van der Waals surface area contributed by atoms with E-state index in [-0.39, 0.29) is 23.3 Å². The standard InChI is InChI=1S/C33H44N6O3/c1-24-11-12-25(31(40)35-26-13-14-26)23-28(24)39-17-15-34-30(32(39)41)36-33(2,3)27-9-5-6-10-29(27)42-22-8-7-16-38-20-18-37(4)19-21-38/h5-6,9-12,15,17,23,26H,7-8,13-14,16,18-22H2,1-4H3,(H,34,36)(H,35,40). The Morgan fingerprint density at radius 1 is 1.07 bits per heavy atom. The number of carbonyl (C=O) groups is 1. The summed E-state index contributed by atoms with van der Waals surface area (Å²) in [6, 6.07) is 13.7. The topological polar surface area (TPSA) is 91.7 Å². The molecule has 2 N–H and O–H groups in total. The fraction of sp³-hybridized carbons (Fsp3) is 0.485. The Labute approximate surface area is 248 Å².